The van der Waals surface area contributed by atoms with E-state index in [1.54, 1.807) is 48.5 Å². The van der Waals surface area contributed by atoms with Crippen LogP contribution in [0.25, 0.3) is 0 Å². The van der Waals surface area contributed by atoms with Crippen molar-refractivity contribution in [3.8, 4) is 0 Å². The molecule has 0 radical (unpaired) electrons. The Morgan fingerprint density at radius 1 is 0.857 bits per heavy atom. The molecule has 0 saturated carbocycles. The molecule has 0 heterocycles. The van der Waals surface area contributed by atoms with Crippen LogP contribution in [0, 0.1) is 17.8 Å². The molecular formula is C24H26Cl2O2. The van der Waals surface area contributed by atoms with E-state index in [0.717, 1.165) is 5.57 Å². The second kappa shape index (κ2) is 10.0. The lowest BCUT2D eigenvalue weighted by Gasteiger charge is -2.27. The topological polar surface area (TPSA) is 34.1 Å². The van der Waals surface area contributed by atoms with E-state index in [9.17, 15) is 9.59 Å². The minimum Gasteiger partial charge on any atom is -0.294 e. The average molecular weight is 417 g/mol. The SMILES string of the molecule is CC(C)=C[C@H](C(=O)c1ccc(Cl)cc1)[C@@H](CC(=O)c1ccc(Cl)cc1)C(C)C. The molecule has 0 aromatic heterocycles. The highest BCUT2D eigenvalue weighted by molar-refractivity contribution is 6.31. The summed E-state index contributed by atoms with van der Waals surface area (Å²) < 4.78 is 0. The van der Waals surface area contributed by atoms with Crippen molar-refractivity contribution in [2.75, 3.05) is 0 Å². The van der Waals surface area contributed by atoms with Crippen LogP contribution in [0.3, 0.4) is 0 Å². The number of hydrogen-bond donors (Lipinski definition) is 0. The lowest BCUT2D eigenvalue weighted by molar-refractivity contribution is 0.0839. The molecule has 0 unspecified atom stereocenters. The maximum Gasteiger partial charge on any atom is 0.170 e. The normalized spacial score (nSPS) is 13.1. The van der Waals surface area contributed by atoms with E-state index < -0.39 is 0 Å². The number of hydrogen-bond acceptors (Lipinski definition) is 2. The van der Waals surface area contributed by atoms with Gasteiger partial charge >= 0.3 is 0 Å². The molecule has 2 atom stereocenters. The number of carbonyl (C=O) groups excluding carboxylic acids is 2. The fraction of sp³-hybridized carbons (Fsp3) is 0.333. The van der Waals surface area contributed by atoms with Gasteiger partial charge in [-0.05, 0) is 74.2 Å². The van der Waals surface area contributed by atoms with Gasteiger partial charge in [-0.1, -0.05) is 48.7 Å². The van der Waals surface area contributed by atoms with Crippen LogP contribution < -0.4 is 0 Å². The second-order valence-electron chi connectivity index (χ2n) is 7.68. The van der Waals surface area contributed by atoms with E-state index in [1.807, 2.05) is 19.9 Å². The van der Waals surface area contributed by atoms with Gasteiger partial charge in [-0.2, -0.15) is 0 Å². The first-order valence-corrected chi connectivity index (χ1v) is 10.2. The Bertz CT molecular complexity index is 845. The Labute approximate surface area is 177 Å². The highest BCUT2D eigenvalue weighted by Gasteiger charge is 2.31. The van der Waals surface area contributed by atoms with E-state index >= 15 is 0 Å². The van der Waals surface area contributed by atoms with E-state index in [1.165, 1.54) is 0 Å². The van der Waals surface area contributed by atoms with Crippen LogP contribution in [-0.2, 0) is 0 Å². The van der Waals surface area contributed by atoms with Crippen molar-refractivity contribution in [3.05, 3.63) is 81.4 Å². The lowest BCUT2D eigenvalue weighted by atomic mass is 9.75. The minimum atomic E-state index is -0.373. The molecule has 0 amide bonds. The average Bonchev–Trinajstić information content (AvgIpc) is 2.64. The fourth-order valence-corrected chi connectivity index (χ4v) is 3.56. The zero-order valence-corrected chi connectivity index (χ0v) is 18.2. The Balaban J connectivity index is 2.34. The van der Waals surface area contributed by atoms with Gasteiger partial charge in [0, 0.05) is 33.5 Å². The monoisotopic (exact) mass is 416 g/mol. The van der Waals surface area contributed by atoms with Crippen molar-refractivity contribution in [1.82, 2.24) is 0 Å². The molecule has 0 aliphatic heterocycles. The van der Waals surface area contributed by atoms with Crippen LogP contribution >= 0.6 is 23.2 Å². The van der Waals surface area contributed by atoms with Crippen molar-refractivity contribution >= 4 is 34.8 Å². The third-order valence-corrected chi connectivity index (χ3v) is 5.35. The van der Waals surface area contributed by atoms with Crippen molar-refractivity contribution in [3.63, 3.8) is 0 Å². The maximum absolute atomic E-state index is 13.3. The Kier molecular flexibility index (Phi) is 8.03. The van der Waals surface area contributed by atoms with Gasteiger partial charge in [0.25, 0.3) is 0 Å². The number of Topliss-reactive ketones (excluding diaryl/α,β-unsaturated/α-hetero) is 2. The molecule has 0 fully saturated rings. The number of ketones is 2. The highest BCUT2D eigenvalue weighted by Crippen LogP contribution is 2.31. The first-order chi connectivity index (χ1) is 13.2. The third kappa shape index (κ3) is 6.05. The van der Waals surface area contributed by atoms with Crippen molar-refractivity contribution < 1.29 is 9.59 Å². The van der Waals surface area contributed by atoms with Gasteiger partial charge in [0.2, 0.25) is 0 Å². The van der Waals surface area contributed by atoms with Crippen LogP contribution in [0.2, 0.25) is 10.0 Å². The summed E-state index contributed by atoms with van der Waals surface area (Å²) in [7, 11) is 0. The summed E-state index contributed by atoms with van der Waals surface area (Å²) in [4.78, 5) is 26.2. The molecular weight excluding hydrogens is 391 g/mol. The molecule has 2 aromatic carbocycles. The van der Waals surface area contributed by atoms with Crippen LogP contribution in [0.5, 0.6) is 0 Å². The minimum absolute atomic E-state index is 0.0143. The van der Waals surface area contributed by atoms with Gasteiger partial charge in [-0.25, -0.2) is 0 Å². The quantitative estimate of drug-likeness (QED) is 0.333. The zero-order valence-electron chi connectivity index (χ0n) is 16.7. The number of allylic oxidation sites excluding steroid dienone is 2. The van der Waals surface area contributed by atoms with Crippen molar-refractivity contribution in [2.24, 2.45) is 17.8 Å². The van der Waals surface area contributed by atoms with Gasteiger partial charge in [0.15, 0.2) is 11.6 Å². The Morgan fingerprint density at radius 3 is 1.75 bits per heavy atom. The maximum atomic E-state index is 13.3. The summed E-state index contributed by atoms with van der Waals surface area (Å²) in [5.74, 6) is -0.288. The lowest BCUT2D eigenvalue weighted by Crippen LogP contribution is -2.29. The largest absolute Gasteiger partial charge is 0.294 e. The van der Waals surface area contributed by atoms with Gasteiger partial charge in [-0.15, -0.1) is 0 Å². The van der Waals surface area contributed by atoms with Gasteiger partial charge < -0.3 is 0 Å². The number of carbonyl (C=O) groups is 2. The number of halogens is 2. The molecule has 0 N–H and O–H groups in total. The van der Waals surface area contributed by atoms with Gasteiger partial charge in [-0.3, -0.25) is 9.59 Å². The molecule has 2 nitrogen and oxygen atoms in total. The van der Waals surface area contributed by atoms with Crippen molar-refractivity contribution in [2.45, 2.75) is 34.1 Å². The molecule has 0 bridgehead atoms. The van der Waals surface area contributed by atoms with E-state index in [-0.39, 0.29) is 29.3 Å². The predicted molar refractivity (Wildman–Crippen MR) is 117 cm³/mol. The number of rotatable bonds is 8. The molecule has 0 aliphatic rings. The first kappa shape index (κ1) is 22.4. The Hall–Kier alpha value is -1.90. The molecule has 2 rings (SSSR count). The predicted octanol–water partition coefficient (Wildman–Crippen LogP) is 7.30. The first-order valence-electron chi connectivity index (χ1n) is 9.42. The summed E-state index contributed by atoms with van der Waals surface area (Å²) >= 11 is 11.9. The van der Waals surface area contributed by atoms with E-state index in [0.29, 0.717) is 27.6 Å². The second-order valence-corrected chi connectivity index (χ2v) is 8.56. The van der Waals surface area contributed by atoms with E-state index in [2.05, 4.69) is 13.8 Å². The molecule has 2 aromatic rings. The van der Waals surface area contributed by atoms with Crippen LogP contribution in [0.15, 0.2) is 60.2 Å². The highest BCUT2D eigenvalue weighted by atomic mass is 35.5. The van der Waals surface area contributed by atoms with Crippen LogP contribution in [-0.4, -0.2) is 11.6 Å². The summed E-state index contributed by atoms with van der Waals surface area (Å²) in [6, 6.07) is 13.8. The fourth-order valence-electron chi connectivity index (χ4n) is 3.30. The molecule has 0 aliphatic carbocycles. The van der Waals surface area contributed by atoms with Crippen LogP contribution in [0.4, 0.5) is 0 Å². The Morgan fingerprint density at radius 2 is 1.32 bits per heavy atom. The number of benzene rings is 2. The summed E-state index contributed by atoms with van der Waals surface area (Å²) in [5, 5.41) is 1.19. The van der Waals surface area contributed by atoms with Gasteiger partial charge in [0.05, 0.1) is 0 Å². The summed E-state index contributed by atoms with van der Waals surface area (Å²) in [5.41, 5.74) is 2.28. The van der Waals surface area contributed by atoms with Crippen LogP contribution in [0.1, 0.15) is 54.8 Å². The van der Waals surface area contributed by atoms with Gasteiger partial charge in [0.1, 0.15) is 0 Å². The molecule has 0 saturated heterocycles. The molecule has 0 spiro atoms. The standard InChI is InChI=1S/C24H26Cl2O2/c1-15(2)13-22(24(28)18-7-11-20(26)12-8-18)21(16(3)4)14-23(27)17-5-9-19(25)10-6-17/h5-13,16,21-22H,14H2,1-4H3/t21-,22-/m0/s1. The molecule has 148 valence electrons. The van der Waals surface area contributed by atoms with Crippen molar-refractivity contribution in [1.29, 1.82) is 0 Å². The molecule has 28 heavy (non-hydrogen) atoms. The summed E-state index contributed by atoms with van der Waals surface area (Å²) in [6.45, 7) is 8.06. The zero-order chi connectivity index (χ0) is 20.8. The molecule has 4 heteroatoms. The third-order valence-electron chi connectivity index (χ3n) is 4.85. The smallest absolute Gasteiger partial charge is 0.170 e. The van der Waals surface area contributed by atoms with E-state index in [4.69, 9.17) is 23.2 Å². The summed E-state index contributed by atoms with van der Waals surface area (Å²) in [6.07, 6.45) is 2.28.